The summed E-state index contributed by atoms with van der Waals surface area (Å²) in [5.74, 6) is -0.00463. The van der Waals surface area contributed by atoms with E-state index in [0.717, 1.165) is 4.90 Å². The topological polar surface area (TPSA) is 77.8 Å². The van der Waals surface area contributed by atoms with E-state index in [1.807, 2.05) is 0 Å². The molecule has 0 amide bonds. The highest BCUT2D eigenvalue weighted by molar-refractivity contribution is 5.72. The maximum atomic E-state index is 10.2. The fourth-order valence-electron chi connectivity index (χ4n) is 0.679. The van der Waals surface area contributed by atoms with E-state index >= 15 is 0 Å². The zero-order chi connectivity index (χ0) is 9.56. The van der Waals surface area contributed by atoms with Gasteiger partial charge in [-0.2, -0.15) is 0 Å². The van der Waals surface area contributed by atoms with Crippen molar-refractivity contribution in [2.24, 2.45) is 0 Å². The van der Waals surface area contributed by atoms with Crippen molar-refractivity contribution in [1.82, 2.24) is 4.90 Å². The molecule has 0 saturated carbocycles. The van der Waals surface area contributed by atoms with E-state index in [1.165, 1.54) is 0 Å². The summed E-state index contributed by atoms with van der Waals surface area (Å²) < 4.78 is 0. The molecule has 0 radical (unpaired) electrons. The van der Waals surface area contributed by atoms with Crippen molar-refractivity contribution in [2.75, 3.05) is 19.6 Å². The summed E-state index contributed by atoms with van der Waals surface area (Å²) in [5, 5.41) is 16.6. The number of rotatable bonds is 5. The molecule has 5 heteroatoms. The van der Waals surface area contributed by atoms with Crippen molar-refractivity contribution in [3.63, 3.8) is 0 Å². The Morgan fingerprint density at radius 1 is 1.25 bits per heavy atom. The molecule has 0 bridgehead atoms. The second-order valence-electron chi connectivity index (χ2n) is 2.14. The molecule has 0 spiro atoms. The zero-order valence-electron chi connectivity index (χ0n) is 6.36. The van der Waals surface area contributed by atoms with Crippen LogP contribution in [-0.2, 0) is 9.59 Å². The number of terminal acetylenes is 1. The number of carboxylic acids is 2. The molecule has 0 atom stereocenters. The Morgan fingerprint density at radius 3 is 1.92 bits per heavy atom. The molecule has 0 aromatic heterocycles. The predicted octanol–water partition coefficient (Wildman–Crippen LogP) is -0.909. The van der Waals surface area contributed by atoms with Gasteiger partial charge >= 0.3 is 11.9 Å². The molecule has 0 aromatic carbocycles. The lowest BCUT2D eigenvalue weighted by molar-refractivity contribution is -0.141. The van der Waals surface area contributed by atoms with Gasteiger partial charge in [-0.1, -0.05) is 5.92 Å². The largest absolute Gasteiger partial charge is 0.480 e. The van der Waals surface area contributed by atoms with Crippen LogP contribution in [-0.4, -0.2) is 46.7 Å². The summed E-state index contributed by atoms with van der Waals surface area (Å²) in [6.07, 6.45) is 4.90. The van der Waals surface area contributed by atoms with Gasteiger partial charge in [-0.3, -0.25) is 14.5 Å². The summed E-state index contributed by atoms with van der Waals surface area (Å²) in [6.45, 7) is -0.675. The first-order valence-electron chi connectivity index (χ1n) is 3.15. The fraction of sp³-hybridized carbons (Fsp3) is 0.429. The van der Waals surface area contributed by atoms with Gasteiger partial charge < -0.3 is 10.2 Å². The third-order valence-electron chi connectivity index (χ3n) is 1.03. The summed E-state index contributed by atoms with van der Waals surface area (Å²) >= 11 is 0. The van der Waals surface area contributed by atoms with Gasteiger partial charge in [-0.25, -0.2) is 0 Å². The Kier molecular flexibility index (Phi) is 4.49. The molecule has 66 valence electrons. The molecule has 0 aromatic rings. The molecule has 0 rings (SSSR count). The number of hydrogen-bond acceptors (Lipinski definition) is 3. The lowest BCUT2D eigenvalue weighted by Crippen LogP contribution is -2.34. The number of hydrogen-bond donors (Lipinski definition) is 2. The zero-order valence-corrected chi connectivity index (χ0v) is 6.36. The van der Waals surface area contributed by atoms with Gasteiger partial charge in [0, 0.05) is 0 Å². The molecule has 0 aliphatic heterocycles. The maximum absolute atomic E-state index is 10.2. The second kappa shape index (κ2) is 5.16. The van der Waals surface area contributed by atoms with E-state index < -0.39 is 11.9 Å². The molecule has 0 unspecified atom stereocenters. The van der Waals surface area contributed by atoms with Crippen LogP contribution < -0.4 is 0 Å². The van der Waals surface area contributed by atoms with Gasteiger partial charge in [0.15, 0.2) is 0 Å². The molecule has 12 heavy (non-hydrogen) atoms. The smallest absolute Gasteiger partial charge is 0.317 e. The Balaban J connectivity index is 3.96. The normalized spacial score (nSPS) is 9.33. The van der Waals surface area contributed by atoms with Crippen molar-refractivity contribution in [1.29, 1.82) is 0 Å². The molecule has 0 aliphatic carbocycles. The Bertz CT molecular complexity index is 202. The first-order valence-corrected chi connectivity index (χ1v) is 3.15. The van der Waals surface area contributed by atoms with Crippen LogP contribution in [0.3, 0.4) is 0 Å². The van der Waals surface area contributed by atoms with E-state index in [0.29, 0.717) is 0 Å². The molecule has 0 heterocycles. The summed E-state index contributed by atoms with van der Waals surface area (Å²) in [6, 6.07) is 0. The van der Waals surface area contributed by atoms with Crippen molar-refractivity contribution < 1.29 is 19.8 Å². The molecule has 0 fully saturated rings. The third-order valence-corrected chi connectivity index (χ3v) is 1.03. The van der Waals surface area contributed by atoms with E-state index in [2.05, 4.69) is 5.92 Å². The van der Waals surface area contributed by atoms with Gasteiger partial charge in [-0.05, 0) is 0 Å². The van der Waals surface area contributed by atoms with Gasteiger partial charge in [0.25, 0.3) is 0 Å². The minimum Gasteiger partial charge on any atom is -0.480 e. The molecule has 5 nitrogen and oxygen atoms in total. The third kappa shape index (κ3) is 5.26. The maximum Gasteiger partial charge on any atom is 0.317 e. The van der Waals surface area contributed by atoms with Crippen molar-refractivity contribution in [2.45, 2.75) is 0 Å². The lowest BCUT2D eigenvalue weighted by atomic mass is 10.4. The van der Waals surface area contributed by atoms with Crippen molar-refractivity contribution in [3.05, 3.63) is 0 Å². The van der Waals surface area contributed by atoms with E-state index in [1.54, 1.807) is 0 Å². The van der Waals surface area contributed by atoms with Gasteiger partial charge in [0.05, 0.1) is 19.6 Å². The van der Waals surface area contributed by atoms with Crippen LogP contribution >= 0.6 is 0 Å². The molecule has 0 saturated heterocycles. The molecular weight excluding hydrogens is 162 g/mol. The lowest BCUT2D eigenvalue weighted by Gasteiger charge is -2.13. The minimum atomic E-state index is -1.09. The van der Waals surface area contributed by atoms with Gasteiger partial charge in [-0.15, -0.1) is 6.42 Å². The summed E-state index contributed by atoms with van der Waals surface area (Å²) in [4.78, 5) is 21.5. The number of nitrogens with zero attached hydrogens (tertiary/aromatic N) is 1. The van der Waals surface area contributed by atoms with Gasteiger partial charge in [0.2, 0.25) is 0 Å². The van der Waals surface area contributed by atoms with Crippen LogP contribution in [0.25, 0.3) is 0 Å². The Morgan fingerprint density at radius 2 is 1.67 bits per heavy atom. The minimum absolute atomic E-state index is 0.0264. The Hall–Kier alpha value is -1.54. The van der Waals surface area contributed by atoms with Crippen LogP contribution in [0, 0.1) is 12.3 Å². The predicted molar refractivity (Wildman–Crippen MR) is 40.5 cm³/mol. The van der Waals surface area contributed by atoms with Crippen LogP contribution in [0.5, 0.6) is 0 Å². The van der Waals surface area contributed by atoms with E-state index in [4.69, 9.17) is 16.6 Å². The number of carbonyl (C=O) groups is 2. The van der Waals surface area contributed by atoms with Crippen LogP contribution in [0.4, 0.5) is 0 Å². The quantitative estimate of drug-likeness (QED) is 0.523. The highest BCUT2D eigenvalue weighted by atomic mass is 16.4. The average molecular weight is 171 g/mol. The monoisotopic (exact) mass is 171 g/mol. The summed E-state index contributed by atoms with van der Waals surface area (Å²) in [5.41, 5.74) is 0. The number of aliphatic carboxylic acids is 2. The van der Waals surface area contributed by atoms with E-state index in [-0.39, 0.29) is 19.6 Å². The first-order chi connectivity index (χ1) is 5.56. The van der Waals surface area contributed by atoms with Gasteiger partial charge in [0.1, 0.15) is 0 Å². The molecule has 2 N–H and O–H groups in total. The second-order valence-corrected chi connectivity index (χ2v) is 2.14. The fourth-order valence-corrected chi connectivity index (χ4v) is 0.679. The van der Waals surface area contributed by atoms with E-state index in [9.17, 15) is 9.59 Å². The Labute approximate surface area is 69.6 Å². The van der Waals surface area contributed by atoms with Crippen LogP contribution in [0.1, 0.15) is 0 Å². The summed E-state index contributed by atoms with van der Waals surface area (Å²) in [7, 11) is 0. The number of carboxylic acid groups (broad SMARTS) is 2. The first kappa shape index (κ1) is 10.5. The highest BCUT2D eigenvalue weighted by Crippen LogP contribution is 1.86. The van der Waals surface area contributed by atoms with Crippen LogP contribution in [0.2, 0.25) is 0 Å². The SMILES string of the molecule is C#CCN(CC(=O)O)CC(=O)O. The van der Waals surface area contributed by atoms with Crippen molar-refractivity contribution >= 4 is 11.9 Å². The molecule has 0 aliphatic rings. The van der Waals surface area contributed by atoms with Crippen molar-refractivity contribution in [3.8, 4) is 12.3 Å². The standard InChI is InChI=1S/C7H9NO4/c1-2-3-8(4-6(9)10)5-7(11)12/h1H,3-5H2,(H,9,10)(H,11,12). The highest BCUT2D eigenvalue weighted by Gasteiger charge is 2.11. The average Bonchev–Trinajstić information content (AvgIpc) is 1.84. The van der Waals surface area contributed by atoms with Crippen LogP contribution in [0.15, 0.2) is 0 Å². The molecular formula is C7H9NO4.